The molecule has 0 aliphatic heterocycles. The zero-order chi connectivity index (χ0) is 43.9. The number of nitrogens with one attached hydrogen (secondary N) is 4. The van der Waals surface area contributed by atoms with E-state index >= 15 is 0 Å². The third-order valence-corrected chi connectivity index (χ3v) is 9.36. The Morgan fingerprint density at radius 1 is 0.597 bits per heavy atom. The molecule has 0 bridgehead atoms. The normalized spacial score (nSPS) is 12.7. The Kier molecular flexibility index (Phi) is 12.1. The first-order chi connectivity index (χ1) is 29.8. The number of aliphatic hydroxyl groups excluding tert-OH is 2. The lowest BCUT2D eigenvalue weighted by Crippen LogP contribution is -2.30. The van der Waals surface area contributed by atoms with Gasteiger partial charge in [0.15, 0.2) is 11.4 Å². The van der Waals surface area contributed by atoms with Crippen molar-refractivity contribution in [3.8, 4) is 0 Å². The molecule has 2 atom stereocenters. The first-order valence-corrected chi connectivity index (χ1v) is 18.5. The summed E-state index contributed by atoms with van der Waals surface area (Å²) in [4.78, 5) is 87.8. The lowest BCUT2D eigenvalue weighted by molar-refractivity contribution is -0.384. The smallest absolute Gasteiger partial charge is 0.276 e. The second-order valence-corrected chi connectivity index (χ2v) is 13.6. The predicted octanol–water partition coefficient (Wildman–Crippen LogP) is 3.57. The Morgan fingerprint density at radius 2 is 0.968 bits per heavy atom. The van der Waals surface area contributed by atoms with Gasteiger partial charge in [-0.1, -0.05) is 84.9 Å². The van der Waals surface area contributed by atoms with Crippen LogP contribution < -0.4 is 22.0 Å². The number of carbonyl (C=O) groups is 2. The maximum atomic E-state index is 13.4. The van der Waals surface area contributed by atoms with Crippen molar-refractivity contribution in [2.45, 2.75) is 25.0 Å². The second-order valence-electron chi connectivity index (χ2n) is 13.6. The number of rotatable bonds is 14. The molecule has 62 heavy (non-hydrogen) atoms. The molecule has 2 amide bonds. The Balaban J connectivity index is 1.23. The van der Waals surface area contributed by atoms with Gasteiger partial charge in [-0.3, -0.25) is 39.4 Å². The van der Waals surface area contributed by atoms with Gasteiger partial charge >= 0.3 is 0 Å². The van der Waals surface area contributed by atoms with E-state index < -0.39 is 67.8 Å². The van der Waals surface area contributed by atoms with Crippen LogP contribution in [0.1, 0.15) is 45.8 Å². The highest BCUT2D eigenvalue weighted by Crippen LogP contribution is 2.25. The highest BCUT2D eigenvalue weighted by Gasteiger charge is 2.27. The van der Waals surface area contributed by atoms with Crippen molar-refractivity contribution in [2.24, 2.45) is 10.2 Å². The molecular formula is C42H32N10O10. The molecule has 7 aromatic rings. The van der Waals surface area contributed by atoms with Crippen LogP contribution in [0.15, 0.2) is 141 Å². The molecule has 20 nitrogen and oxygen atoms in total. The number of aliphatic hydroxyl groups is 2. The van der Waals surface area contributed by atoms with Gasteiger partial charge in [0.25, 0.3) is 22.5 Å². The van der Waals surface area contributed by atoms with E-state index in [2.05, 4.69) is 41.0 Å². The maximum absolute atomic E-state index is 13.4. The fourth-order valence-electron chi connectivity index (χ4n) is 6.27. The summed E-state index contributed by atoms with van der Waals surface area (Å²) in [5, 5.41) is 54.4. The molecular weight excluding hydrogens is 805 g/mol. The summed E-state index contributed by atoms with van der Waals surface area (Å²) in [5.74, 6) is -1.18. The highest BCUT2D eigenvalue weighted by atomic mass is 16.6. The van der Waals surface area contributed by atoms with Gasteiger partial charge in [0, 0.05) is 24.3 Å². The quantitative estimate of drug-likeness (QED) is 0.0521. The number of aromatic amines is 2. The van der Waals surface area contributed by atoms with Crippen LogP contribution in [-0.2, 0) is 22.4 Å². The lowest BCUT2D eigenvalue weighted by atomic mass is 9.97. The summed E-state index contributed by atoms with van der Waals surface area (Å²) in [6.45, 7) is 0. The summed E-state index contributed by atoms with van der Waals surface area (Å²) in [6.07, 6.45) is -3.70. The van der Waals surface area contributed by atoms with E-state index in [9.17, 15) is 49.6 Å². The molecule has 0 fully saturated rings. The molecule has 310 valence electrons. The minimum atomic E-state index is -1.75. The van der Waals surface area contributed by atoms with E-state index in [1.807, 2.05) is 0 Å². The van der Waals surface area contributed by atoms with Gasteiger partial charge in [0.05, 0.1) is 44.8 Å². The molecule has 0 radical (unpaired) electrons. The molecule has 0 saturated heterocycles. The summed E-state index contributed by atoms with van der Waals surface area (Å²) >= 11 is 0. The standard InChI is InChI=1S/C42H32N10O10/c53-33(19-23-7-3-1-4-8-23)47-49-35(37-41(57)45-31-21-27(51(59)60)15-17-29(31)43-37)39(55)25-11-13-26(14-12-25)40(56)36(50-48-34(54)20-24-9-5-2-6-10-24)38-42(58)46-32-22-28(52(61)62)16-18-30(32)44-38/h1-18,21-22,39-40,55-56H,19-20H2,(H,45,57)(H,46,58)(H,47,53)(H,48,54)/b49-35-,50-36+/t39-,40+/m0/s1. The maximum Gasteiger partial charge on any atom is 0.276 e. The molecule has 0 saturated carbocycles. The molecule has 5 aromatic carbocycles. The molecule has 0 aliphatic carbocycles. The number of carbonyl (C=O) groups excluding carboxylic acids is 2. The third-order valence-electron chi connectivity index (χ3n) is 9.36. The Labute approximate surface area is 347 Å². The van der Waals surface area contributed by atoms with Gasteiger partial charge in [0.1, 0.15) is 23.6 Å². The second kappa shape index (κ2) is 18.1. The number of hydrogen-bond donors (Lipinski definition) is 6. The number of non-ortho nitro benzene ring substituents is 2. The molecule has 0 unspecified atom stereocenters. The van der Waals surface area contributed by atoms with Crippen molar-refractivity contribution < 1.29 is 29.6 Å². The van der Waals surface area contributed by atoms with Crippen LogP contribution in [-0.4, -0.2) is 63.2 Å². The SMILES string of the molecule is O=C(Cc1ccccc1)N/N=C(/c1nc2ccc([N+](=O)[O-])cc2[nH]c1=O)[C@@H](O)c1ccc([C@@H](O)/C(=N/NC(=O)Cc2ccccc2)c2nc3ccc([N+](=O)[O-])cc3[nH]c2=O)cc1. The average Bonchev–Trinajstić information content (AvgIpc) is 3.26. The number of hydrogen-bond acceptors (Lipinski definition) is 14. The number of nitro benzene ring substituents is 2. The van der Waals surface area contributed by atoms with Crippen LogP contribution in [0.25, 0.3) is 22.1 Å². The van der Waals surface area contributed by atoms with Crippen molar-refractivity contribution in [1.82, 2.24) is 30.8 Å². The molecule has 0 aliphatic rings. The zero-order valence-corrected chi connectivity index (χ0v) is 32.0. The summed E-state index contributed by atoms with van der Waals surface area (Å²) in [7, 11) is 0. The van der Waals surface area contributed by atoms with Crippen molar-refractivity contribution in [1.29, 1.82) is 0 Å². The molecule has 20 heteroatoms. The van der Waals surface area contributed by atoms with E-state index in [4.69, 9.17) is 0 Å². The van der Waals surface area contributed by atoms with E-state index in [1.54, 1.807) is 60.7 Å². The summed E-state index contributed by atoms with van der Waals surface area (Å²) in [5.41, 5.74) is 2.42. The average molecular weight is 837 g/mol. The van der Waals surface area contributed by atoms with E-state index in [0.717, 1.165) is 12.1 Å². The Bertz CT molecular complexity index is 2840. The van der Waals surface area contributed by atoms with E-state index in [0.29, 0.717) is 11.1 Å². The number of H-pyrrole nitrogens is 2. The molecule has 2 aromatic heterocycles. The number of nitrogens with zero attached hydrogens (tertiary/aromatic N) is 6. The molecule has 0 spiro atoms. The number of aromatic nitrogens is 4. The summed E-state index contributed by atoms with van der Waals surface area (Å²) < 4.78 is 0. The molecule has 6 N–H and O–H groups in total. The minimum absolute atomic E-state index is 0.0306. The monoisotopic (exact) mass is 836 g/mol. The fraction of sp³-hybridized carbons (Fsp3) is 0.0952. The topological polar surface area (TPSA) is 301 Å². The van der Waals surface area contributed by atoms with Crippen molar-refractivity contribution in [3.05, 3.63) is 196 Å². The Morgan fingerprint density at radius 3 is 1.32 bits per heavy atom. The van der Waals surface area contributed by atoms with Crippen LogP contribution in [0, 0.1) is 20.2 Å². The van der Waals surface area contributed by atoms with Gasteiger partial charge in [-0.2, -0.15) is 10.2 Å². The largest absolute Gasteiger partial charge is 0.382 e. The van der Waals surface area contributed by atoms with E-state index in [1.165, 1.54) is 48.5 Å². The summed E-state index contributed by atoms with van der Waals surface area (Å²) in [6, 6.07) is 30.0. The number of amides is 2. The van der Waals surface area contributed by atoms with Crippen molar-refractivity contribution in [2.75, 3.05) is 0 Å². The first kappa shape index (κ1) is 41.5. The van der Waals surface area contributed by atoms with Gasteiger partial charge in [-0.15, -0.1) is 0 Å². The van der Waals surface area contributed by atoms with Gasteiger partial charge in [-0.05, 0) is 34.4 Å². The lowest BCUT2D eigenvalue weighted by Gasteiger charge is -2.17. The number of hydrazone groups is 2. The minimum Gasteiger partial charge on any atom is -0.382 e. The first-order valence-electron chi connectivity index (χ1n) is 18.5. The highest BCUT2D eigenvalue weighted by molar-refractivity contribution is 6.05. The molecule has 7 rings (SSSR count). The van der Waals surface area contributed by atoms with Gasteiger partial charge < -0.3 is 20.2 Å². The van der Waals surface area contributed by atoms with Gasteiger partial charge in [-0.25, -0.2) is 20.8 Å². The number of nitro groups is 2. The zero-order valence-electron chi connectivity index (χ0n) is 32.0. The number of fused-ring (bicyclic) bond motifs is 2. The predicted molar refractivity (Wildman–Crippen MR) is 224 cm³/mol. The van der Waals surface area contributed by atoms with Crippen molar-refractivity contribution >= 4 is 56.7 Å². The van der Waals surface area contributed by atoms with Crippen molar-refractivity contribution in [3.63, 3.8) is 0 Å². The van der Waals surface area contributed by atoms with Crippen LogP contribution in [0.4, 0.5) is 11.4 Å². The van der Waals surface area contributed by atoms with Gasteiger partial charge in [0.2, 0.25) is 11.8 Å². The van der Waals surface area contributed by atoms with Crippen LogP contribution in [0.2, 0.25) is 0 Å². The van der Waals surface area contributed by atoms with Crippen LogP contribution in [0.3, 0.4) is 0 Å². The molecule has 2 heterocycles. The fourth-order valence-corrected chi connectivity index (χ4v) is 6.27. The number of benzene rings is 5. The third kappa shape index (κ3) is 9.47. The Hall–Kier alpha value is -8.62. The van der Waals surface area contributed by atoms with E-state index in [-0.39, 0.29) is 57.4 Å². The van der Waals surface area contributed by atoms with Crippen LogP contribution >= 0.6 is 0 Å². The van der Waals surface area contributed by atoms with Crippen LogP contribution in [0.5, 0.6) is 0 Å².